The minimum Gasteiger partial charge on any atom is -0.468 e. The van der Waals surface area contributed by atoms with Crippen LogP contribution in [0.5, 0.6) is 0 Å². The fraction of sp³-hybridized carbons (Fsp3) is 0.889. The van der Waals surface area contributed by atoms with Gasteiger partial charge in [0.15, 0.2) is 0 Å². The monoisotopic (exact) mass is 184 g/mol. The molecule has 4 heteroatoms. The molecule has 0 saturated carbocycles. The van der Waals surface area contributed by atoms with Gasteiger partial charge in [-0.1, -0.05) is 0 Å². The summed E-state index contributed by atoms with van der Waals surface area (Å²) in [6.45, 7) is 1.93. The minimum absolute atomic E-state index is 0.0394. The molecule has 0 aromatic rings. The van der Waals surface area contributed by atoms with Crippen LogP contribution < -0.4 is 5.73 Å². The second-order valence-electron chi connectivity index (χ2n) is 3.90. The van der Waals surface area contributed by atoms with Crippen molar-refractivity contribution in [2.45, 2.75) is 30.8 Å². The number of methoxy groups -OCH3 is 1. The largest absolute Gasteiger partial charge is 0.468 e. The maximum absolute atomic E-state index is 11.7. The van der Waals surface area contributed by atoms with Crippen LogP contribution in [0.2, 0.25) is 0 Å². The van der Waals surface area contributed by atoms with Crippen molar-refractivity contribution < 1.29 is 9.53 Å². The maximum Gasteiger partial charge on any atom is 0.327 e. The van der Waals surface area contributed by atoms with Gasteiger partial charge in [0.05, 0.1) is 7.11 Å². The molecule has 2 rings (SSSR count). The van der Waals surface area contributed by atoms with Crippen molar-refractivity contribution in [2.24, 2.45) is 5.73 Å². The summed E-state index contributed by atoms with van der Waals surface area (Å²) >= 11 is 0. The molecular formula is C9H16N2O2. The molecule has 74 valence electrons. The number of esters is 1. The van der Waals surface area contributed by atoms with Gasteiger partial charge in [0, 0.05) is 12.6 Å². The topological polar surface area (TPSA) is 55.6 Å². The summed E-state index contributed by atoms with van der Waals surface area (Å²) in [4.78, 5) is 13.9. The van der Waals surface area contributed by atoms with Gasteiger partial charge in [-0.05, 0) is 25.8 Å². The second kappa shape index (κ2) is 2.96. The Kier molecular flexibility index (Phi) is 2.04. The predicted molar refractivity (Wildman–Crippen MR) is 48.1 cm³/mol. The molecule has 2 fully saturated rings. The number of nitrogens with zero attached hydrogens (tertiary/aromatic N) is 1. The van der Waals surface area contributed by atoms with Crippen LogP contribution in [0.1, 0.15) is 19.3 Å². The van der Waals surface area contributed by atoms with Crippen LogP contribution in [0.3, 0.4) is 0 Å². The summed E-state index contributed by atoms with van der Waals surface area (Å²) in [5, 5.41) is 0. The maximum atomic E-state index is 11.7. The zero-order chi connectivity index (χ0) is 9.47. The summed E-state index contributed by atoms with van der Waals surface area (Å²) in [6.07, 6.45) is 2.83. The number of carbonyl (C=O) groups excluding carboxylic acids is 1. The van der Waals surface area contributed by atoms with Gasteiger partial charge in [-0.2, -0.15) is 0 Å². The molecule has 0 amide bonds. The molecule has 2 atom stereocenters. The minimum atomic E-state index is -0.477. The summed E-state index contributed by atoms with van der Waals surface area (Å²) < 4.78 is 4.85. The van der Waals surface area contributed by atoms with Crippen molar-refractivity contribution in [1.29, 1.82) is 0 Å². The Hall–Kier alpha value is -0.610. The van der Waals surface area contributed by atoms with Crippen molar-refractivity contribution >= 4 is 5.97 Å². The number of fused-ring (bicyclic) bond motifs is 1. The molecule has 4 nitrogen and oxygen atoms in total. The van der Waals surface area contributed by atoms with Gasteiger partial charge in [0.25, 0.3) is 0 Å². The van der Waals surface area contributed by atoms with Crippen LogP contribution >= 0.6 is 0 Å². The van der Waals surface area contributed by atoms with Gasteiger partial charge in [0.2, 0.25) is 0 Å². The SMILES string of the molecule is COC(=O)C12CCCN1CCC2N. The quantitative estimate of drug-likeness (QED) is 0.570. The Labute approximate surface area is 78.0 Å². The van der Waals surface area contributed by atoms with E-state index in [1.807, 2.05) is 0 Å². The smallest absolute Gasteiger partial charge is 0.327 e. The van der Waals surface area contributed by atoms with Crippen LogP contribution in [-0.2, 0) is 9.53 Å². The number of carbonyl (C=O) groups is 1. The first-order valence-electron chi connectivity index (χ1n) is 4.81. The van der Waals surface area contributed by atoms with E-state index in [1.165, 1.54) is 7.11 Å². The first-order chi connectivity index (χ1) is 6.21. The predicted octanol–water partition coefficient (Wildman–Crippen LogP) is -0.275. The van der Waals surface area contributed by atoms with E-state index in [2.05, 4.69) is 4.90 Å². The van der Waals surface area contributed by atoms with E-state index in [0.717, 1.165) is 32.4 Å². The van der Waals surface area contributed by atoms with Crippen LogP contribution in [0, 0.1) is 0 Å². The molecule has 2 aliphatic rings. The van der Waals surface area contributed by atoms with Crippen molar-refractivity contribution in [1.82, 2.24) is 4.90 Å². The highest BCUT2D eigenvalue weighted by Crippen LogP contribution is 2.38. The molecule has 0 aromatic carbocycles. The Bertz CT molecular complexity index is 232. The van der Waals surface area contributed by atoms with Gasteiger partial charge in [-0.15, -0.1) is 0 Å². The van der Waals surface area contributed by atoms with Gasteiger partial charge >= 0.3 is 5.97 Å². The third-order valence-corrected chi connectivity index (χ3v) is 3.41. The average Bonchev–Trinajstić information content (AvgIpc) is 2.67. The van der Waals surface area contributed by atoms with E-state index >= 15 is 0 Å². The number of nitrogens with two attached hydrogens (primary N) is 1. The fourth-order valence-electron chi connectivity index (χ4n) is 2.72. The molecule has 2 saturated heterocycles. The van der Waals surface area contributed by atoms with Gasteiger partial charge in [-0.3, -0.25) is 4.90 Å². The lowest BCUT2D eigenvalue weighted by atomic mass is 9.90. The molecule has 2 heterocycles. The molecule has 0 aromatic heterocycles. The Morgan fingerprint density at radius 1 is 1.62 bits per heavy atom. The highest BCUT2D eigenvalue weighted by Gasteiger charge is 2.56. The molecule has 0 aliphatic carbocycles. The van der Waals surface area contributed by atoms with E-state index in [-0.39, 0.29) is 12.0 Å². The van der Waals surface area contributed by atoms with Gasteiger partial charge < -0.3 is 10.5 Å². The Balaban J connectivity index is 2.29. The van der Waals surface area contributed by atoms with Crippen LogP contribution in [0.15, 0.2) is 0 Å². The highest BCUT2D eigenvalue weighted by atomic mass is 16.5. The molecule has 0 radical (unpaired) electrons. The van der Waals surface area contributed by atoms with Gasteiger partial charge in [0.1, 0.15) is 5.54 Å². The Morgan fingerprint density at radius 3 is 3.08 bits per heavy atom. The molecule has 2 N–H and O–H groups in total. The van der Waals surface area contributed by atoms with E-state index in [9.17, 15) is 4.79 Å². The van der Waals surface area contributed by atoms with Crippen LogP contribution in [0.4, 0.5) is 0 Å². The number of rotatable bonds is 1. The van der Waals surface area contributed by atoms with Crippen molar-refractivity contribution in [2.75, 3.05) is 20.2 Å². The summed E-state index contributed by atoms with van der Waals surface area (Å²) in [5.74, 6) is -0.144. The van der Waals surface area contributed by atoms with Crippen molar-refractivity contribution in [3.05, 3.63) is 0 Å². The van der Waals surface area contributed by atoms with E-state index in [4.69, 9.17) is 10.5 Å². The fourth-order valence-corrected chi connectivity index (χ4v) is 2.72. The molecule has 0 spiro atoms. The van der Waals surface area contributed by atoms with E-state index in [1.54, 1.807) is 0 Å². The third kappa shape index (κ3) is 1.02. The number of hydrogen-bond acceptors (Lipinski definition) is 4. The van der Waals surface area contributed by atoms with E-state index < -0.39 is 5.54 Å². The van der Waals surface area contributed by atoms with Crippen molar-refractivity contribution in [3.63, 3.8) is 0 Å². The average molecular weight is 184 g/mol. The molecule has 2 unspecified atom stereocenters. The molecular weight excluding hydrogens is 168 g/mol. The number of hydrogen-bond donors (Lipinski definition) is 1. The standard InChI is InChI=1S/C9H16N2O2/c1-13-8(12)9-4-2-5-11(9)6-3-7(9)10/h7H,2-6,10H2,1H3. The summed E-state index contributed by atoms with van der Waals surface area (Å²) in [5.41, 5.74) is 5.51. The highest BCUT2D eigenvalue weighted by molar-refractivity contribution is 5.82. The van der Waals surface area contributed by atoms with E-state index in [0.29, 0.717) is 0 Å². The molecule has 2 aliphatic heterocycles. The Morgan fingerprint density at radius 2 is 2.38 bits per heavy atom. The summed E-state index contributed by atoms with van der Waals surface area (Å²) in [7, 11) is 1.44. The third-order valence-electron chi connectivity index (χ3n) is 3.41. The lowest BCUT2D eigenvalue weighted by molar-refractivity contribution is -0.152. The summed E-state index contributed by atoms with van der Waals surface area (Å²) in [6, 6.07) is -0.0394. The molecule has 13 heavy (non-hydrogen) atoms. The first-order valence-corrected chi connectivity index (χ1v) is 4.81. The lowest BCUT2D eigenvalue weighted by Gasteiger charge is -2.32. The second-order valence-corrected chi connectivity index (χ2v) is 3.90. The first kappa shape index (κ1) is 8.97. The molecule has 0 bridgehead atoms. The van der Waals surface area contributed by atoms with Crippen LogP contribution in [-0.4, -0.2) is 42.6 Å². The van der Waals surface area contributed by atoms with Crippen LogP contribution in [0.25, 0.3) is 0 Å². The zero-order valence-corrected chi connectivity index (χ0v) is 7.95. The lowest BCUT2D eigenvalue weighted by Crippen LogP contribution is -2.56. The number of ether oxygens (including phenoxy) is 1. The normalized spacial score (nSPS) is 39.1. The van der Waals surface area contributed by atoms with Crippen molar-refractivity contribution in [3.8, 4) is 0 Å². The van der Waals surface area contributed by atoms with Gasteiger partial charge in [-0.25, -0.2) is 4.79 Å². The zero-order valence-electron chi connectivity index (χ0n) is 7.95.